The number of hydrogen-bond donors (Lipinski definition) is 2. The summed E-state index contributed by atoms with van der Waals surface area (Å²) in [4.78, 5) is 28.2. The van der Waals surface area contributed by atoms with Crippen molar-refractivity contribution < 1.29 is 9.59 Å². The van der Waals surface area contributed by atoms with E-state index in [1.807, 2.05) is 52.3 Å². The molecule has 0 radical (unpaired) electrons. The summed E-state index contributed by atoms with van der Waals surface area (Å²) in [6.07, 6.45) is 1.86. The van der Waals surface area contributed by atoms with Crippen molar-refractivity contribution in [3.05, 3.63) is 54.6 Å². The maximum Gasteiger partial charge on any atom is 0.321 e. The number of carbonyl (C=O) groups excluding carboxylic acids is 2. The molecule has 6 heteroatoms. The zero-order valence-corrected chi connectivity index (χ0v) is 15.2. The summed E-state index contributed by atoms with van der Waals surface area (Å²) in [7, 11) is 0. The molecular weight excluding hydrogens is 340 g/mol. The molecule has 2 fully saturated rings. The van der Waals surface area contributed by atoms with Gasteiger partial charge in [-0.2, -0.15) is 0 Å². The van der Waals surface area contributed by atoms with Crippen LogP contribution in [-0.2, 0) is 0 Å². The third kappa shape index (κ3) is 3.89. The standard InChI is InChI=1S/C21H24N4O2/c26-20-22-12-14-25(20)19-7-4-13-24(15-19)21(27)23-18-10-8-17(9-11-18)16-5-2-1-3-6-16/h1-3,5-6,8-11,19H,4,7,12-15H2,(H,22,26)(H,23,27)/t19-/m0/s1. The van der Waals surface area contributed by atoms with Crippen LogP contribution in [0.4, 0.5) is 15.3 Å². The number of amides is 4. The van der Waals surface area contributed by atoms with Crippen LogP contribution in [0.3, 0.4) is 0 Å². The van der Waals surface area contributed by atoms with Crippen LogP contribution < -0.4 is 10.6 Å². The molecule has 0 unspecified atom stereocenters. The number of nitrogens with zero attached hydrogens (tertiary/aromatic N) is 2. The highest BCUT2D eigenvalue weighted by Crippen LogP contribution is 2.22. The van der Waals surface area contributed by atoms with Gasteiger partial charge in [0.1, 0.15) is 0 Å². The second-order valence-electron chi connectivity index (χ2n) is 7.04. The zero-order valence-electron chi connectivity index (χ0n) is 15.2. The number of carbonyl (C=O) groups is 2. The van der Waals surface area contributed by atoms with Crippen molar-refractivity contribution in [2.24, 2.45) is 0 Å². The van der Waals surface area contributed by atoms with Crippen LogP contribution in [0.5, 0.6) is 0 Å². The van der Waals surface area contributed by atoms with Gasteiger partial charge in [-0.25, -0.2) is 9.59 Å². The van der Waals surface area contributed by atoms with E-state index in [1.54, 1.807) is 0 Å². The summed E-state index contributed by atoms with van der Waals surface area (Å²) in [6, 6.07) is 18.0. The van der Waals surface area contributed by atoms with Crippen LogP contribution in [0, 0.1) is 0 Å². The molecule has 140 valence electrons. The van der Waals surface area contributed by atoms with Crippen molar-refractivity contribution in [2.45, 2.75) is 18.9 Å². The van der Waals surface area contributed by atoms with Gasteiger partial charge in [0.2, 0.25) is 0 Å². The van der Waals surface area contributed by atoms with Gasteiger partial charge in [0.05, 0.1) is 6.04 Å². The highest BCUT2D eigenvalue weighted by atomic mass is 16.2. The fraction of sp³-hybridized carbons (Fsp3) is 0.333. The molecule has 4 amide bonds. The summed E-state index contributed by atoms with van der Waals surface area (Å²) < 4.78 is 0. The van der Waals surface area contributed by atoms with Crippen LogP contribution in [0.2, 0.25) is 0 Å². The van der Waals surface area contributed by atoms with E-state index >= 15 is 0 Å². The lowest BCUT2D eigenvalue weighted by atomic mass is 10.0. The number of piperidine rings is 1. The Bertz CT molecular complexity index is 807. The lowest BCUT2D eigenvalue weighted by molar-refractivity contribution is 0.139. The molecule has 2 aromatic carbocycles. The SMILES string of the molecule is O=C(Nc1ccc(-c2ccccc2)cc1)N1CCC[C@H](N2CCNC2=O)C1. The number of nitrogens with one attached hydrogen (secondary N) is 2. The van der Waals surface area contributed by atoms with Crippen LogP contribution in [0.1, 0.15) is 12.8 Å². The predicted octanol–water partition coefficient (Wildman–Crippen LogP) is 3.38. The Balaban J connectivity index is 1.37. The molecule has 2 aliphatic rings. The van der Waals surface area contributed by atoms with Crippen molar-refractivity contribution in [2.75, 3.05) is 31.5 Å². The van der Waals surface area contributed by atoms with E-state index in [2.05, 4.69) is 22.8 Å². The van der Waals surface area contributed by atoms with E-state index in [0.29, 0.717) is 13.1 Å². The predicted molar refractivity (Wildman–Crippen MR) is 106 cm³/mol. The Labute approximate surface area is 159 Å². The van der Waals surface area contributed by atoms with Crippen LogP contribution in [-0.4, -0.2) is 54.1 Å². The molecule has 0 aromatic heterocycles. The van der Waals surface area contributed by atoms with Crippen LogP contribution in [0.15, 0.2) is 54.6 Å². The van der Waals surface area contributed by atoms with E-state index in [0.717, 1.165) is 42.7 Å². The lowest BCUT2D eigenvalue weighted by Gasteiger charge is -2.36. The molecule has 1 atom stereocenters. The summed E-state index contributed by atoms with van der Waals surface area (Å²) in [5, 5.41) is 5.82. The smallest absolute Gasteiger partial charge is 0.321 e. The first-order chi connectivity index (χ1) is 13.2. The number of rotatable bonds is 3. The maximum atomic E-state index is 12.7. The highest BCUT2D eigenvalue weighted by molar-refractivity contribution is 5.90. The summed E-state index contributed by atoms with van der Waals surface area (Å²) in [5.74, 6) is 0. The molecule has 0 spiro atoms. The minimum Gasteiger partial charge on any atom is -0.336 e. The van der Waals surface area contributed by atoms with Gasteiger partial charge >= 0.3 is 12.1 Å². The average Bonchev–Trinajstić information content (AvgIpc) is 3.15. The molecule has 4 rings (SSSR count). The minimum absolute atomic E-state index is 0.0150. The summed E-state index contributed by atoms with van der Waals surface area (Å²) in [5.41, 5.74) is 3.05. The van der Waals surface area contributed by atoms with Crippen molar-refractivity contribution in [1.82, 2.24) is 15.1 Å². The molecule has 2 aliphatic heterocycles. The second-order valence-corrected chi connectivity index (χ2v) is 7.04. The molecule has 0 saturated carbocycles. The number of urea groups is 2. The maximum absolute atomic E-state index is 12.7. The normalized spacial score (nSPS) is 19.7. The average molecular weight is 364 g/mol. The van der Waals surface area contributed by atoms with E-state index in [-0.39, 0.29) is 18.1 Å². The molecular formula is C21H24N4O2. The third-order valence-electron chi connectivity index (χ3n) is 5.26. The largest absolute Gasteiger partial charge is 0.336 e. The topological polar surface area (TPSA) is 64.7 Å². The molecule has 0 bridgehead atoms. The van der Waals surface area contributed by atoms with Gasteiger partial charge in [-0.05, 0) is 36.1 Å². The Morgan fingerprint density at radius 2 is 1.74 bits per heavy atom. The summed E-state index contributed by atoms with van der Waals surface area (Å²) >= 11 is 0. The zero-order chi connectivity index (χ0) is 18.6. The fourth-order valence-corrected chi connectivity index (χ4v) is 3.81. The fourth-order valence-electron chi connectivity index (χ4n) is 3.81. The van der Waals surface area contributed by atoms with Gasteiger partial charge < -0.3 is 20.4 Å². The number of likely N-dealkylation sites (tertiary alicyclic amines) is 1. The van der Waals surface area contributed by atoms with E-state index < -0.39 is 0 Å². The third-order valence-corrected chi connectivity index (χ3v) is 5.26. The molecule has 2 aromatic rings. The van der Waals surface area contributed by atoms with Crippen molar-refractivity contribution in [3.63, 3.8) is 0 Å². The quantitative estimate of drug-likeness (QED) is 0.877. The van der Waals surface area contributed by atoms with E-state index in [1.165, 1.54) is 0 Å². The van der Waals surface area contributed by atoms with Gasteiger partial charge in [0, 0.05) is 31.9 Å². The number of anilines is 1. The number of hydrogen-bond acceptors (Lipinski definition) is 2. The van der Waals surface area contributed by atoms with Gasteiger partial charge in [0.15, 0.2) is 0 Å². The van der Waals surface area contributed by atoms with Crippen molar-refractivity contribution in [1.29, 1.82) is 0 Å². The van der Waals surface area contributed by atoms with Crippen molar-refractivity contribution >= 4 is 17.7 Å². The second kappa shape index (κ2) is 7.70. The lowest BCUT2D eigenvalue weighted by Crippen LogP contribution is -2.51. The molecule has 2 saturated heterocycles. The highest BCUT2D eigenvalue weighted by Gasteiger charge is 2.32. The molecule has 27 heavy (non-hydrogen) atoms. The summed E-state index contributed by atoms with van der Waals surface area (Å²) in [6.45, 7) is 2.72. The Kier molecular flexibility index (Phi) is 4.96. The van der Waals surface area contributed by atoms with Gasteiger partial charge in [0.25, 0.3) is 0 Å². The first-order valence-corrected chi connectivity index (χ1v) is 9.46. The van der Waals surface area contributed by atoms with Gasteiger partial charge in [-0.1, -0.05) is 42.5 Å². The van der Waals surface area contributed by atoms with Crippen molar-refractivity contribution in [3.8, 4) is 11.1 Å². The number of benzene rings is 2. The Morgan fingerprint density at radius 3 is 2.44 bits per heavy atom. The van der Waals surface area contributed by atoms with Crippen LogP contribution in [0.25, 0.3) is 11.1 Å². The van der Waals surface area contributed by atoms with E-state index in [9.17, 15) is 9.59 Å². The monoisotopic (exact) mass is 364 g/mol. The Hall–Kier alpha value is -3.02. The molecule has 2 N–H and O–H groups in total. The van der Waals surface area contributed by atoms with Gasteiger partial charge in [-0.3, -0.25) is 0 Å². The molecule has 2 heterocycles. The van der Waals surface area contributed by atoms with Gasteiger partial charge in [-0.15, -0.1) is 0 Å². The Morgan fingerprint density at radius 1 is 1.00 bits per heavy atom. The molecule has 6 nitrogen and oxygen atoms in total. The van der Waals surface area contributed by atoms with Crippen LogP contribution >= 0.6 is 0 Å². The minimum atomic E-state index is -0.105. The molecule has 0 aliphatic carbocycles. The first-order valence-electron chi connectivity index (χ1n) is 9.46. The van der Waals surface area contributed by atoms with E-state index in [4.69, 9.17) is 0 Å². The first kappa shape index (κ1) is 17.4.